The van der Waals surface area contributed by atoms with Gasteiger partial charge in [-0.25, -0.2) is 0 Å². The lowest BCUT2D eigenvalue weighted by Gasteiger charge is -2.29. The van der Waals surface area contributed by atoms with E-state index in [-0.39, 0.29) is 30.7 Å². The van der Waals surface area contributed by atoms with E-state index in [4.69, 9.17) is 9.47 Å². The second kappa shape index (κ2) is 9.53. The molecule has 0 aromatic heterocycles. The lowest BCUT2D eigenvalue weighted by Crippen LogP contribution is -2.52. The number of hydrogen-bond donors (Lipinski definition) is 2. The van der Waals surface area contributed by atoms with E-state index in [1.54, 1.807) is 36.4 Å². The van der Waals surface area contributed by atoms with Crippen molar-refractivity contribution in [2.45, 2.75) is 25.4 Å². The monoisotopic (exact) mass is 485 g/mol. The summed E-state index contributed by atoms with van der Waals surface area (Å²) >= 11 is 0. The predicted octanol–water partition coefficient (Wildman–Crippen LogP) is 3.50. The molecule has 4 amide bonds. The van der Waals surface area contributed by atoms with Crippen molar-refractivity contribution in [3.8, 4) is 17.2 Å². The smallest absolute Gasteiger partial charge is 0.255 e. The number of nitrogens with zero attached hydrogens (tertiary/aromatic N) is 1. The Labute approximate surface area is 207 Å². The molecule has 1 atom stereocenters. The second-order valence-corrected chi connectivity index (χ2v) is 8.51. The molecule has 0 spiro atoms. The second-order valence-electron chi connectivity index (χ2n) is 8.51. The third-order valence-electron chi connectivity index (χ3n) is 6.18. The van der Waals surface area contributed by atoms with Crippen molar-refractivity contribution in [3.05, 3.63) is 83.4 Å². The van der Waals surface area contributed by atoms with Crippen LogP contribution in [0, 0.1) is 0 Å². The summed E-state index contributed by atoms with van der Waals surface area (Å²) in [4.78, 5) is 50.9. The summed E-state index contributed by atoms with van der Waals surface area (Å²) in [5.41, 5.74) is 2.06. The van der Waals surface area contributed by atoms with E-state index in [0.717, 1.165) is 0 Å². The molecule has 0 bridgehead atoms. The molecule has 2 aliphatic rings. The van der Waals surface area contributed by atoms with Gasteiger partial charge in [-0.1, -0.05) is 18.2 Å². The maximum Gasteiger partial charge on any atom is 0.255 e. The van der Waals surface area contributed by atoms with E-state index in [1.807, 2.05) is 30.3 Å². The summed E-state index contributed by atoms with van der Waals surface area (Å²) < 4.78 is 11.3. The van der Waals surface area contributed by atoms with Gasteiger partial charge in [0.1, 0.15) is 11.8 Å². The molecule has 9 nitrogen and oxygen atoms in total. The third kappa shape index (κ3) is 4.50. The van der Waals surface area contributed by atoms with Gasteiger partial charge in [0.25, 0.3) is 11.8 Å². The number of carbonyl (C=O) groups excluding carboxylic acids is 4. The maximum atomic E-state index is 12.9. The molecule has 0 saturated carbocycles. The van der Waals surface area contributed by atoms with Crippen LogP contribution in [0.5, 0.6) is 17.2 Å². The van der Waals surface area contributed by atoms with Crippen molar-refractivity contribution in [1.82, 2.24) is 10.2 Å². The Morgan fingerprint density at radius 2 is 1.81 bits per heavy atom. The largest absolute Gasteiger partial charge is 0.493 e. The van der Waals surface area contributed by atoms with Gasteiger partial charge in [-0.05, 0) is 60.5 Å². The number of rotatable bonds is 6. The van der Waals surface area contributed by atoms with Crippen molar-refractivity contribution < 1.29 is 28.7 Å². The third-order valence-corrected chi connectivity index (χ3v) is 6.18. The molecular formula is C27H23N3O6. The molecule has 2 aliphatic heterocycles. The molecule has 2 N–H and O–H groups in total. The Morgan fingerprint density at radius 3 is 2.56 bits per heavy atom. The van der Waals surface area contributed by atoms with Crippen LogP contribution in [-0.2, 0) is 16.1 Å². The van der Waals surface area contributed by atoms with Crippen LogP contribution in [0.3, 0.4) is 0 Å². The zero-order valence-electron chi connectivity index (χ0n) is 19.4. The first-order valence-electron chi connectivity index (χ1n) is 11.4. The zero-order chi connectivity index (χ0) is 25.2. The van der Waals surface area contributed by atoms with Gasteiger partial charge in [0.15, 0.2) is 11.5 Å². The van der Waals surface area contributed by atoms with E-state index in [0.29, 0.717) is 46.0 Å². The molecule has 3 aromatic carbocycles. The van der Waals surface area contributed by atoms with Gasteiger partial charge in [0.2, 0.25) is 11.8 Å². The topological polar surface area (TPSA) is 114 Å². The van der Waals surface area contributed by atoms with Crippen LogP contribution in [0.1, 0.15) is 39.1 Å². The summed E-state index contributed by atoms with van der Waals surface area (Å²) in [6, 6.07) is 18.5. The molecule has 0 aliphatic carbocycles. The number of ether oxygens (including phenoxy) is 2. The van der Waals surface area contributed by atoms with Gasteiger partial charge >= 0.3 is 0 Å². The van der Waals surface area contributed by atoms with Crippen LogP contribution in [0.25, 0.3) is 0 Å². The van der Waals surface area contributed by atoms with Gasteiger partial charge in [-0.3, -0.25) is 24.5 Å². The SMILES string of the molecule is COc1cc(C(=O)Nc2ccc3c(c2)CN(C2CCC(=O)NC2=O)C3=O)ccc1Oc1ccccc1. The molecule has 9 heteroatoms. The molecule has 36 heavy (non-hydrogen) atoms. The molecule has 1 fully saturated rings. The fraction of sp³-hybridized carbons (Fsp3) is 0.185. The fourth-order valence-electron chi connectivity index (χ4n) is 4.36. The van der Waals surface area contributed by atoms with E-state index in [9.17, 15) is 19.2 Å². The minimum atomic E-state index is -0.690. The zero-order valence-corrected chi connectivity index (χ0v) is 19.4. The fourth-order valence-corrected chi connectivity index (χ4v) is 4.36. The number of methoxy groups -OCH3 is 1. The number of para-hydroxylation sites is 1. The maximum absolute atomic E-state index is 12.9. The van der Waals surface area contributed by atoms with Crippen LogP contribution in [-0.4, -0.2) is 41.7 Å². The molecule has 1 saturated heterocycles. The highest BCUT2D eigenvalue weighted by atomic mass is 16.5. The molecule has 1 unspecified atom stereocenters. The number of piperidine rings is 1. The summed E-state index contributed by atoms with van der Waals surface area (Å²) in [7, 11) is 1.50. The predicted molar refractivity (Wildman–Crippen MR) is 130 cm³/mol. The Balaban J connectivity index is 1.29. The summed E-state index contributed by atoms with van der Waals surface area (Å²) in [5, 5.41) is 5.13. The molecule has 5 rings (SSSR count). The van der Waals surface area contributed by atoms with E-state index in [2.05, 4.69) is 10.6 Å². The van der Waals surface area contributed by atoms with Crippen LogP contribution in [0.4, 0.5) is 5.69 Å². The quantitative estimate of drug-likeness (QED) is 0.517. The Morgan fingerprint density at radius 1 is 1.00 bits per heavy atom. The molecule has 0 radical (unpaired) electrons. The van der Waals surface area contributed by atoms with Crippen LogP contribution in [0.2, 0.25) is 0 Å². The number of imide groups is 1. The Bertz CT molecular complexity index is 1370. The average Bonchev–Trinajstić information content (AvgIpc) is 3.20. The number of anilines is 1. The van der Waals surface area contributed by atoms with Crippen molar-refractivity contribution in [3.63, 3.8) is 0 Å². The van der Waals surface area contributed by atoms with Crippen molar-refractivity contribution >= 4 is 29.3 Å². The van der Waals surface area contributed by atoms with Gasteiger partial charge < -0.3 is 19.7 Å². The van der Waals surface area contributed by atoms with Crippen molar-refractivity contribution in [1.29, 1.82) is 0 Å². The molecule has 2 heterocycles. The number of hydrogen-bond acceptors (Lipinski definition) is 6. The van der Waals surface area contributed by atoms with Crippen LogP contribution < -0.4 is 20.1 Å². The lowest BCUT2D eigenvalue weighted by atomic mass is 10.0. The van der Waals surface area contributed by atoms with Crippen molar-refractivity contribution in [2.75, 3.05) is 12.4 Å². The highest BCUT2D eigenvalue weighted by Crippen LogP contribution is 2.33. The first kappa shape index (κ1) is 23.1. The normalized spacial score (nSPS) is 16.9. The van der Waals surface area contributed by atoms with Crippen LogP contribution >= 0.6 is 0 Å². The van der Waals surface area contributed by atoms with Crippen LogP contribution in [0.15, 0.2) is 66.7 Å². The van der Waals surface area contributed by atoms with Crippen molar-refractivity contribution in [2.24, 2.45) is 0 Å². The number of fused-ring (bicyclic) bond motifs is 1. The summed E-state index contributed by atoms with van der Waals surface area (Å²) in [5.74, 6) is 0.112. The van der Waals surface area contributed by atoms with Gasteiger partial charge in [-0.2, -0.15) is 0 Å². The number of amides is 4. The number of carbonyl (C=O) groups is 4. The average molecular weight is 485 g/mol. The van der Waals surface area contributed by atoms with Gasteiger partial charge in [-0.15, -0.1) is 0 Å². The standard InChI is InChI=1S/C27H23N3O6/c1-35-23-14-16(7-11-22(23)36-19-5-3-2-4-6-19)25(32)28-18-8-9-20-17(13-18)15-30(27(20)34)21-10-12-24(31)29-26(21)33/h2-9,11,13-14,21H,10,12,15H2,1H3,(H,28,32)(H,29,31,33). The number of nitrogens with one attached hydrogen (secondary N) is 2. The highest BCUT2D eigenvalue weighted by Gasteiger charge is 2.39. The first-order valence-corrected chi connectivity index (χ1v) is 11.4. The lowest BCUT2D eigenvalue weighted by molar-refractivity contribution is -0.136. The van der Waals surface area contributed by atoms with E-state index < -0.39 is 11.9 Å². The Hall–Kier alpha value is -4.66. The van der Waals surface area contributed by atoms with E-state index >= 15 is 0 Å². The van der Waals surface area contributed by atoms with Gasteiger partial charge in [0, 0.05) is 29.8 Å². The summed E-state index contributed by atoms with van der Waals surface area (Å²) in [6.45, 7) is 0.226. The molecular weight excluding hydrogens is 462 g/mol. The summed E-state index contributed by atoms with van der Waals surface area (Å²) in [6.07, 6.45) is 0.482. The molecule has 3 aromatic rings. The molecule has 182 valence electrons. The minimum Gasteiger partial charge on any atom is -0.493 e. The first-order chi connectivity index (χ1) is 17.4. The highest BCUT2D eigenvalue weighted by molar-refractivity contribution is 6.07. The van der Waals surface area contributed by atoms with E-state index in [1.165, 1.54) is 12.0 Å². The number of benzene rings is 3. The minimum absolute atomic E-state index is 0.191. The van der Waals surface area contributed by atoms with Gasteiger partial charge in [0.05, 0.1) is 7.11 Å². The Kier molecular flexibility index (Phi) is 6.12.